The number of rotatable bonds is 11. The van der Waals surface area contributed by atoms with Gasteiger partial charge in [0.25, 0.3) is 11.8 Å². The molecule has 4 N–H and O–H groups in total. The Morgan fingerprint density at radius 1 is 0.942 bits per heavy atom. The van der Waals surface area contributed by atoms with Crippen molar-refractivity contribution in [1.29, 1.82) is 0 Å². The van der Waals surface area contributed by atoms with Crippen LogP contribution in [0.25, 0.3) is 0 Å². The number of nitrogens with one attached hydrogen (secondary N) is 2. The number of hydrogen-bond donors (Lipinski definition) is 4. The molecule has 52 heavy (non-hydrogen) atoms. The van der Waals surface area contributed by atoms with Gasteiger partial charge in [-0.05, 0) is 70.7 Å². The number of methoxy groups -OCH3 is 1. The zero-order valence-corrected chi connectivity index (χ0v) is 29.9. The van der Waals surface area contributed by atoms with Crippen LogP contribution in [0.15, 0.2) is 103 Å². The van der Waals surface area contributed by atoms with E-state index in [1.54, 1.807) is 57.3 Å². The molecule has 3 aromatic carbocycles. The molecule has 0 saturated heterocycles. The van der Waals surface area contributed by atoms with Crippen molar-refractivity contribution in [1.82, 2.24) is 25.8 Å². The Bertz CT molecular complexity index is 1920. The lowest BCUT2D eigenvalue weighted by atomic mass is 9.86. The van der Waals surface area contributed by atoms with Gasteiger partial charge < -0.3 is 15.2 Å². The number of aromatic nitrogens is 1. The Hall–Kier alpha value is -5.54. The van der Waals surface area contributed by atoms with Crippen LogP contribution in [0.3, 0.4) is 0 Å². The summed E-state index contributed by atoms with van der Waals surface area (Å²) in [6.45, 7) is 4.98. The lowest BCUT2D eigenvalue weighted by molar-refractivity contribution is -0.199. The molecule has 3 atom stereocenters. The lowest BCUT2D eigenvalue weighted by Crippen LogP contribution is -2.62. The molecule has 0 spiro atoms. The Labute approximate surface area is 304 Å². The topological polar surface area (TPSA) is 144 Å². The van der Waals surface area contributed by atoms with Crippen molar-refractivity contribution in [3.63, 3.8) is 0 Å². The maximum Gasteiger partial charge on any atom is 0.407 e. The molecule has 0 fully saturated rings. The smallest absolute Gasteiger partial charge is 0.407 e. The fraction of sp³-hybridized carbons (Fsp3) is 0.317. The van der Waals surface area contributed by atoms with E-state index in [2.05, 4.69) is 27.6 Å². The largest absolute Gasteiger partial charge is 0.453 e. The van der Waals surface area contributed by atoms with Crippen molar-refractivity contribution in [2.75, 3.05) is 13.7 Å². The fourth-order valence-electron chi connectivity index (χ4n) is 6.34. The quantitative estimate of drug-likeness (QED) is 0.0975. The summed E-state index contributed by atoms with van der Waals surface area (Å²) in [7, 11) is 1.21. The number of aryl methyl sites for hydroxylation is 1. The van der Waals surface area contributed by atoms with E-state index in [0.717, 1.165) is 11.1 Å². The molecule has 1 aliphatic rings. The molecule has 0 aliphatic heterocycles. The molecule has 5 rings (SSSR count). The summed E-state index contributed by atoms with van der Waals surface area (Å²) in [4.78, 5) is 44.9. The van der Waals surface area contributed by atoms with E-state index >= 15 is 0 Å². The number of carbonyl (C=O) groups is 3. The van der Waals surface area contributed by atoms with Crippen LogP contribution >= 0.6 is 0 Å². The maximum absolute atomic E-state index is 14.4. The van der Waals surface area contributed by atoms with E-state index in [1.807, 2.05) is 66.7 Å². The summed E-state index contributed by atoms with van der Waals surface area (Å²) in [5.74, 6) is 4.65. The number of fused-ring (bicyclic) bond motifs is 1. The summed E-state index contributed by atoms with van der Waals surface area (Å²) >= 11 is 0. The van der Waals surface area contributed by atoms with Crippen molar-refractivity contribution in [2.45, 2.75) is 64.3 Å². The molecule has 0 bridgehead atoms. The molecule has 1 heterocycles. The summed E-state index contributed by atoms with van der Waals surface area (Å²) in [6, 6.07) is 27.7. The zero-order valence-electron chi connectivity index (χ0n) is 29.9. The van der Waals surface area contributed by atoms with Crippen LogP contribution in [0, 0.1) is 17.3 Å². The summed E-state index contributed by atoms with van der Waals surface area (Å²) in [6.07, 6.45) is 1.87. The minimum absolute atomic E-state index is 0.0298. The number of nitrogens with zero attached hydrogens (tertiary/aromatic N) is 3. The number of carbonyl (C=O) groups excluding carboxylic acids is 3. The van der Waals surface area contributed by atoms with Crippen LogP contribution in [0.2, 0.25) is 0 Å². The maximum atomic E-state index is 14.4. The predicted octanol–water partition coefficient (Wildman–Crippen LogP) is 4.96. The highest BCUT2D eigenvalue weighted by molar-refractivity contribution is 5.87. The van der Waals surface area contributed by atoms with Crippen molar-refractivity contribution >= 4 is 17.9 Å². The van der Waals surface area contributed by atoms with E-state index in [-0.39, 0.29) is 13.0 Å². The van der Waals surface area contributed by atoms with Gasteiger partial charge in [-0.3, -0.25) is 20.2 Å². The molecule has 0 radical (unpaired) electrons. The van der Waals surface area contributed by atoms with Gasteiger partial charge in [0, 0.05) is 24.7 Å². The van der Waals surface area contributed by atoms with Gasteiger partial charge in [0.1, 0.15) is 11.7 Å². The lowest BCUT2D eigenvalue weighted by Gasteiger charge is -2.38. The second kappa shape index (κ2) is 16.7. The minimum atomic E-state index is -2.22. The first-order valence-electron chi connectivity index (χ1n) is 17.1. The third-order valence-electron chi connectivity index (χ3n) is 8.94. The zero-order chi connectivity index (χ0) is 37.3. The average Bonchev–Trinajstić information content (AvgIpc) is 3.57. The van der Waals surface area contributed by atoms with Crippen molar-refractivity contribution in [2.24, 2.45) is 5.41 Å². The van der Waals surface area contributed by atoms with Crippen molar-refractivity contribution in [3.8, 4) is 11.8 Å². The number of hydrazine groups is 1. The SMILES string of the molecule is COC(=O)N[C@H](C(=O)NN(Cc1cccc(C#Cc2ccccn2)c1)C[C@@](O)(Cc1ccccc1)C(=O)N(O)C1CCc2ccccc21)C(C)(C)C. The minimum Gasteiger partial charge on any atom is -0.453 e. The average molecular weight is 704 g/mol. The van der Waals surface area contributed by atoms with Gasteiger partial charge in [-0.25, -0.2) is 19.9 Å². The van der Waals surface area contributed by atoms with Gasteiger partial charge in [0.15, 0.2) is 5.60 Å². The van der Waals surface area contributed by atoms with Crippen molar-refractivity contribution in [3.05, 3.63) is 137 Å². The first-order valence-corrected chi connectivity index (χ1v) is 17.1. The standard InChI is InChI=1S/C41H45N5O6/c1-40(2,3)36(43-39(49)52-4)37(47)44-45(27-31-16-12-15-29(25-31)20-22-33-18-10-11-24-42-33)28-41(50,26-30-13-6-5-7-14-30)38(48)46(51)35-23-21-32-17-8-9-19-34(32)35/h5-19,24-25,35-36,50-51H,21,23,26-28H2,1-4H3,(H,43,49)(H,44,47)/t35?,36-,41+/m1/s1. The van der Waals surface area contributed by atoms with Crippen LogP contribution in [0.1, 0.15) is 66.7 Å². The molecular formula is C41H45N5O6. The Morgan fingerprint density at radius 2 is 1.65 bits per heavy atom. The number of hydrogen-bond acceptors (Lipinski definition) is 8. The Balaban J connectivity index is 1.50. The van der Waals surface area contributed by atoms with E-state index in [0.29, 0.717) is 40.3 Å². The molecule has 4 aromatic rings. The molecule has 0 saturated carbocycles. The van der Waals surface area contributed by atoms with Gasteiger partial charge in [0.05, 0.1) is 19.7 Å². The van der Waals surface area contributed by atoms with E-state index < -0.39 is 47.6 Å². The third-order valence-corrected chi connectivity index (χ3v) is 8.94. The number of ether oxygens (including phenoxy) is 1. The van der Waals surface area contributed by atoms with Crippen molar-refractivity contribution < 1.29 is 29.4 Å². The van der Waals surface area contributed by atoms with Crippen LogP contribution in [-0.2, 0) is 33.7 Å². The van der Waals surface area contributed by atoms with Gasteiger partial charge in [-0.2, -0.15) is 0 Å². The molecule has 270 valence electrons. The molecule has 1 unspecified atom stereocenters. The Morgan fingerprint density at radius 3 is 2.37 bits per heavy atom. The van der Waals surface area contributed by atoms with E-state index in [9.17, 15) is 24.7 Å². The summed E-state index contributed by atoms with van der Waals surface area (Å²) in [5, 5.41) is 28.6. The monoisotopic (exact) mass is 703 g/mol. The molecule has 3 amide bonds. The number of alkyl carbamates (subject to hydrolysis) is 1. The van der Waals surface area contributed by atoms with E-state index in [1.165, 1.54) is 12.1 Å². The number of hydroxylamine groups is 2. The van der Waals surface area contributed by atoms with Gasteiger partial charge >= 0.3 is 6.09 Å². The normalized spacial score (nSPS) is 15.3. The van der Waals surface area contributed by atoms with Crippen LogP contribution in [0.5, 0.6) is 0 Å². The first-order chi connectivity index (χ1) is 24.9. The highest BCUT2D eigenvalue weighted by atomic mass is 16.5. The summed E-state index contributed by atoms with van der Waals surface area (Å²) in [5.41, 5.74) is 4.39. The van der Waals surface area contributed by atoms with Crippen LogP contribution < -0.4 is 10.7 Å². The fourth-order valence-corrected chi connectivity index (χ4v) is 6.34. The molecular weight excluding hydrogens is 658 g/mol. The second-order valence-electron chi connectivity index (χ2n) is 14.0. The summed E-state index contributed by atoms with van der Waals surface area (Å²) < 4.78 is 4.79. The number of benzene rings is 3. The van der Waals surface area contributed by atoms with Gasteiger partial charge in [0.2, 0.25) is 0 Å². The number of amides is 3. The highest BCUT2D eigenvalue weighted by Gasteiger charge is 2.45. The van der Waals surface area contributed by atoms with Crippen LogP contribution in [0.4, 0.5) is 4.79 Å². The number of pyridine rings is 1. The van der Waals surface area contributed by atoms with E-state index in [4.69, 9.17) is 4.74 Å². The first kappa shape index (κ1) is 37.7. The third kappa shape index (κ3) is 9.61. The number of aliphatic hydroxyl groups is 1. The van der Waals surface area contributed by atoms with Crippen LogP contribution in [-0.4, -0.2) is 68.6 Å². The molecule has 11 heteroatoms. The molecule has 11 nitrogen and oxygen atoms in total. The molecule has 1 aliphatic carbocycles. The second-order valence-corrected chi connectivity index (χ2v) is 14.0. The molecule has 1 aromatic heterocycles. The van der Waals surface area contributed by atoms with Gasteiger partial charge in [-0.1, -0.05) is 99.5 Å². The highest BCUT2D eigenvalue weighted by Crippen LogP contribution is 2.36. The predicted molar refractivity (Wildman–Crippen MR) is 195 cm³/mol. The van der Waals surface area contributed by atoms with Gasteiger partial charge in [-0.15, -0.1) is 0 Å². The Kier molecular flexibility index (Phi) is 12.1.